The van der Waals surface area contributed by atoms with Gasteiger partial charge < -0.3 is 14.2 Å². The zero-order chi connectivity index (χ0) is 17.8. The van der Waals surface area contributed by atoms with E-state index in [0.717, 1.165) is 18.7 Å². The van der Waals surface area contributed by atoms with Crippen LogP contribution in [0.3, 0.4) is 0 Å². The Morgan fingerprint density at radius 2 is 2.28 bits per heavy atom. The van der Waals surface area contributed by atoms with Crippen molar-refractivity contribution < 1.29 is 14.1 Å². The van der Waals surface area contributed by atoms with Gasteiger partial charge in [-0.1, -0.05) is 31.1 Å². The molecule has 2 heterocycles. The highest BCUT2D eigenvalue weighted by atomic mass is 16.5. The third-order valence-electron chi connectivity index (χ3n) is 4.41. The summed E-state index contributed by atoms with van der Waals surface area (Å²) in [5.74, 6) is 2.48. The van der Waals surface area contributed by atoms with Crippen LogP contribution < -0.4 is 4.74 Å². The molecule has 6 heteroatoms. The van der Waals surface area contributed by atoms with E-state index in [9.17, 15) is 4.79 Å². The second kappa shape index (κ2) is 7.68. The van der Waals surface area contributed by atoms with Gasteiger partial charge in [-0.25, -0.2) is 0 Å². The molecular weight excluding hydrogens is 318 g/mol. The molecule has 25 heavy (non-hydrogen) atoms. The van der Waals surface area contributed by atoms with E-state index in [1.807, 2.05) is 49.9 Å². The lowest BCUT2D eigenvalue weighted by atomic mass is 10.1. The summed E-state index contributed by atoms with van der Waals surface area (Å²) in [6, 6.07) is 7.95. The molecule has 0 radical (unpaired) electrons. The van der Waals surface area contributed by atoms with Gasteiger partial charge in [0.25, 0.3) is 0 Å². The van der Waals surface area contributed by atoms with Gasteiger partial charge in [0.2, 0.25) is 11.8 Å². The first-order valence-corrected chi connectivity index (χ1v) is 8.83. The van der Waals surface area contributed by atoms with Crippen molar-refractivity contribution in [3.05, 3.63) is 41.5 Å². The average molecular weight is 343 g/mol. The van der Waals surface area contributed by atoms with Gasteiger partial charge in [0.1, 0.15) is 5.75 Å². The second-order valence-electron chi connectivity index (χ2n) is 6.89. The Morgan fingerprint density at radius 3 is 3.04 bits per heavy atom. The van der Waals surface area contributed by atoms with Gasteiger partial charge in [0, 0.05) is 25.4 Å². The maximum atomic E-state index is 12.1. The highest BCUT2D eigenvalue weighted by Crippen LogP contribution is 2.27. The van der Waals surface area contributed by atoms with E-state index in [0.29, 0.717) is 31.3 Å². The molecule has 134 valence electrons. The molecule has 0 N–H and O–H groups in total. The van der Waals surface area contributed by atoms with Crippen LogP contribution in [0, 0.1) is 12.8 Å². The molecule has 1 atom stereocenters. The van der Waals surface area contributed by atoms with Gasteiger partial charge in [0.15, 0.2) is 5.82 Å². The molecule has 0 bridgehead atoms. The number of carbonyl (C=O) groups excluding carboxylic acids is 1. The highest BCUT2D eigenvalue weighted by molar-refractivity contribution is 5.78. The normalized spacial score (nSPS) is 17.3. The molecule has 0 saturated carbocycles. The van der Waals surface area contributed by atoms with Crippen molar-refractivity contribution in [2.45, 2.75) is 39.5 Å². The molecule has 3 rings (SSSR count). The molecule has 0 spiro atoms. The zero-order valence-corrected chi connectivity index (χ0v) is 15.1. The first-order chi connectivity index (χ1) is 12.0. The molecule has 1 aromatic carbocycles. The minimum Gasteiger partial charge on any atom is -0.493 e. The van der Waals surface area contributed by atoms with E-state index < -0.39 is 0 Å². The van der Waals surface area contributed by atoms with Crippen LogP contribution in [-0.4, -0.2) is 40.6 Å². The van der Waals surface area contributed by atoms with Gasteiger partial charge in [0.05, 0.1) is 12.5 Å². The summed E-state index contributed by atoms with van der Waals surface area (Å²) >= 11 is 0. The Kier molecular flexibility index (Phi) is 5.36. The van der Waals surface area contributed by atoms with Crippen LogP contribution in [0.15, 0.2) is 28.8 Å². The monoisotopic (exact) mass is 343 g/mol. The summed E-state index contributed by atoms with van der Waals surface area (Å²) in [7, 11) is 0. The van der Waals surface area contributed by atoms with Crippen molar-refractivity contribution in [3.8, 4) is 5.75 Å². The van der Waals surface area contributed by atoms with E-state index in [1.165, 1.54) is 5.56 Å². The van der Waals surface area contributed by atoms with E-state index in [4.69, 9.17) is 9.26 Å². The fraction of sp³-hybridized carbons (Fsp3) is 0.526. The number of hydrogen-bond donors (Lipinski definition) is 0. The first-order valence-electron chi connectivity index (χ1n) is 8.83. The fourth-order valence-electron chi connectivity index (χ4n) is 3.03. The summed E-state index contributed by atoms with van der Waals surface area (Å²) in [6.45, 7) is 7.82. The number of rotatable bonds is 6. The van der Waals surface area contributed by atoms with Crippen molar-refractivity contribution in [1.29, 1.82) is 0 Å². The molecule has 0 aliphatic carbocycles. The summed E-state index contributed by atoms with van der Waals surface area (Å²) in [4.78, 5) is 18.4. The lowest BCUT2D eigenvalue weighted by molar-refractivity contribution is -0.133. The number of nitrogens with zero attached hydrogens (tertiary/aromatic N) is 3. The molecule has 1 unspecified atom stereocenters. The number of amides is 1. The standard InChI is InChI=1S/C19H25N3O3/c1-13(2)19(23)22-9-7-15(12-22)18-20-17(21-25-18)8-10-24-16-6-4-5-14(3)11-16/h4-6,11,13,15H,7-10,12H2,1-3H3. The average Bonchev–Trinajstić information content (AvgIpc) is 3.23. The van der Waals surface area contributed by atoms with Crippen molar-refractivity contribution in [2.75, 3.05) is 19.7 Å². The molecule has 1 aliphatic rings. The van der Waals surface area contributed by atoms with E-state index in [1.54, 1.807) is 0 Å². The Bertz CT molecular complexity index is 726. The topological polar surface area (TPSA) is 68.5 Å². The molecule has 2 aromatic rings. The first kappa shape index (κ1) is 17.5. The van der Waals surface area contributed by atoms with Gasteiger partial charge in [-0.05, 0) is 31.0 Å². The predicted octanol–water partition coefficient (Wildman–Crippen LogP) is 2.97. The Labute approximate surface area is 148 Å². The Balaban J connectivity index is 1.50. The lowest BCUT2D eigenvalue weighted by Crippen LogP contribution is -2.31. The largest absolute Gasteiger partial charge is 0.493 e. The molecule has 1 fully saturated rings. The van der Waals surface area contributed by atoms with Crippen molar-refractivity contribution in [1.82, 2.24) is 15.0 Å². The van der Waals surface area contributed by atoms with Crippen molar-refractivity contribution in [3.63, 3.8) is 0 Å². The Morgan fingerprint density at radius 1 is 1.44 bits per heavy atom. The van der Waals surface area contributed by atoms with E-state index in [-0.39, 0.29) is 17.7 Å². The maximum Gasteiger partial charge on any atom is 0.231 e. The highest BCUT2D eigenvalue weighted by Gasteiger charge is 2.31. The van der Waals surface area contributed by atoms with Crippen LogP contribution in [0.4, 0.5) is 0 Å². The quantitative estimate of drug-likeness (QED) is 0.806. The Hall–Kier alpha value is -2.37. The third-order valence-corrected chi connectivity index (χ3v) is 4.41. The lowest BCUT2D eigenvalue weighted by Gasteiger charge is -2.17. The fourth-order valence-corrected chi connectivity index (χ4v) is 3.03. The van der Waals surface area contributed by atoms with Crippen LogP contribution in [0.2, 0.25) is 0 Å². The molecule has 1 amide bonds. The molecular formula is C19H25N3O3. The smallest absolute Gasteiger partial charge is 0.231 e. The van der Waals surface area contributed by atoms with Crippen LogP contribution in [0.5, 0.6) is 5.75 Å². The zero-order valence-electron chi connectivity index (χ0n) is 15.1. The van der Waals surface area contributed by atoms with Crippen LogP contribution >= 0.6 is 0 Å². The number of likely N-dealkylation sites (tertiary alicyclic amines) is 1. The predicted molar refractivity (Wildman–Crippen MR) is 93.5 cm³/mol. The van der Waals surface area contributed by atoms with Crippen molar-refractivity contribution in [2.24, 2.45) is 5.92 Å². The van der Waals surface area contributed by atoms with Crippen LogP contribution in [0.25, 0.3) is 0 Å². The van der Waals surface area contributed by atoms with Gasteiger partial charge in [-0.2, -0.15) is 4.98 Å². The molecule has 1 saturated heterocycles. The van der Waals surface area contributed by atoms with E-state index in [2.05, 4.69) is 10.1 Å². The van der Waals surface area contributed by atoms with Crippen molar-refractivity contribution >= 4 is 5.91 Å². The number of benzene rings is 1. The minimum atomic E-state index is 0.0239. The number of carbonyl (C=O) groups is 1. The second-order valence-corrected chi connectivity index (χ2v) is 6.89. The SMILES string of the molecule is Cc1cccc(OCCc2noc(C3CCN(C(=O)C(C)C)C3)n2)c1. The van der Waals surface area contributed by atoms with E-state index >= 15 is 0 Å². The summed E-state index contributed by atoms with van der Waals surface area (Å²) in [6.07, 6.45) is 1.47. The number of aromatic nitrogens is 2. The number of aryl methyl sites for hydroxylation is 1. The van der Waals surface area contributed by atoms with Gasteiger partial charge >= 0.3 is 0 Å². The van der Waals surface area contributed by atoms with Gasteiger partial charge in [-0.3, -0.25) is 4.79 Å². The summed E-state index contributed by atoms with van der Waals surface area (Å²) in [5.41, 5.74) is 1.17. The number of ether oxygens (including phenoxy) is 1. The maximum absolute atomic E-state index is 12.1. The molecule has 1 aliphatic heterocycles. The summed E-state index contributed by atoms with van der Waals surface area (Å²) in [5, 5.41) is 4.04. The van der Waals surface area contributed by atoms with Gasteiger partial charge in [-0.15, -0.1) is 0 Å². The van der Waals surface area contributed by atoms with Crippen LogP contribution in [0.1, 0.15) is 43.5 Å². The molecule has 6 nitrogen and oxygen atoms in total. The van der Waals surface area contributed by atoms with Crippen LogP contribution in [-0.2, 0) is 11.2 Å². The molecule has 1 aromatic heterocycles. The third kappa shape index (κ3) is 4.38. The minimum absolute atomic E-state index is 0.0239. The number of hydrogen-bond acceptors (Lipinski definition) is 5. The summed E-state index contributed by atoms with van der Waals surface area (Å²) < 4.78 is 11.1.